The normalized spacial score (nSPS) is 11.9. The minimum atomic E-state index is -0.456. The number of hydrogen-bond donors (Lipinski definition) is 1. The quantitative estimate of drug-likeness (QED) is 0.234. The van der Waals surface area contributed by atoms with Gasteiger partial charge in [0.2, 0.25) is 0 Å². The van der Waals surface area contributed by atoms with Gasteiger partial charge in [-0.1, -0.05) is 66.2 Å². The van der Waals surface area contributed by atoms with Crippen LogP contribution in [0, 0.1) is 0 Å². The number of nitrogens with one attached hydrogen (secondary N) is 1. The van der Waals surface area contributed by atoms with Gasteiger partial charge in [0.15, 0.2) is 0 Å². The zero-order valence-corrected chi connectivity index (χ0v) is 17.9. The summed E-state index contributed by atoms with van der Waals surface area (Å²) < 4.78 is 1.69. The van der Waals surface area contributed by atoms with Gasteiger partial charge in [0, 0.05) is 32.1 Å². The number of rotatable bonds is 3. The molecule has 0 aliphatic heterocycles. The maximum atomic E-state index is 13.3. The Bertz CT molecular complexity index is 1810. The first-order valence-corrected chi connectivity index (χ1v) is 10.7. The summed E-state index contributed by atoms with van der Waals surface area (Å²) in [5.41, 5.74) is 5.41. The molecule has 7 heteroatoms. The number of carbonyl (C=O) groups is 1. The van der Waals surface area contributed by atoms with E-state index in [-0.39, 0.29) is 11.3 Å². The monoisotopic (exact) mass is 450 g/mol. The molecule has 3 aromatic carbocycles. The van der Waals surface area contributed by atoms with Gasteiger partial charge in [0.25, 0.3) is 11.5 Å². The average molecular weight is 451 g/mol. The molecule has 0 saturated heterocycles. The number of aromatic nitrogens is 2. The number of pyridine rings is 2. The summed E-state index contributed by atoms with van der Waals surface area (Å²) in [7, 11) is 0. The highest BCUT2D eigenvalue weighted by atomic mass is 35.5. The SMILES string of the molecule is O=C(N/N=C/c1ccccc1Cl)c1cc2c3ccccc3n3c(=O)c4ccccc4c(n1)c23. The van der Waals surface area contributed by atoms with Crippen LogP contribution in [0.25, 0.3) is 38.1 Å². The average Bonchev–Trinajstić information content (AvgIpc) is 3.18. The van der Waals surface area contributed by atoms with Crippen molar-refractivity contribution in [1.82, 2.24) is 14.8 Å². The van der Waals surface area contributed by atoms with Crippen molar-refractivity contribution in [3.63, 3.8) is 0 Å². The molecule has 0 radical (unpaired) electrons. The zero-order valence-electron chi connectivity index (χ0n) is 17.1. The maximum Gasteiger partial charge on any atom is 0.289 e. The molecule has 0 atom stereocenters. The molecule has 0 fully saturated rings. The third-order valence-electron chi connectivity index (χ3n) is 5.77. The molecule has 0 unspecified atom stereocenters. The smallest absolute Gasteiger partial charge is 0.273 e. The lowest BCUT2D eigenvalue weighted by atomic mass is 10.1. The summed E-state index contributed by atoms with van der Waals surface area (Å²) in [5, 5.41) is 7.51. The van der Waals surface area contributed by atoms with Crippen LogP contribution < -0.4 is 11.0 Å². The van der Waals surface area contributed by atoms with E-state index in [0.717, 1.165) is 16.3 Å². The molecule has 1 N–H and O–H groups in total. The number of carbonyl (C=O) groups excluding carboxylic acids is 1. The fourth-order valence-corrected chi connectivity index (χ4v) is 4.48. The molecule has 6 rings (SSSR count). The van der Waals surface area contributed by atoms with Crippen molar-refractivity contribution in [3.8, 4) is 0 Å². The molecule has 0 saturated carbocycles. The molecular weight excluding hydrogens is 436 g/mol. The highest BCUT2D eigenvalue weighted by molar-refractivity contribution is 6.33. The van der Waals surface area contributed by atoms with Crippen molar-refractivity contribution >= 4 is 61.8 Å². The predicted molar refractivity (Wildman–Crippen MR) is 132 cm³/mol. The Morgan fingerprint density at radius 2 is 1.61 bits per heavy atom. The van der Waals surface area contributed by atoms with Gasteiger partial charge >= 0.3 is 0 Å². The number of halogens is 1. The van der Waals surface area contributed by atoms with Crippen molar-refractivity contribution in [2.24, 2.45) is 5.10 Å². The first-order valence-electron chi connectivity index (χ1n) is 10.3. The topological polar surface area (TPSA) is 75.8 Å². The van der Waals surface area contributed by atoms with Crippen molar-refractivity contribution in [2.75, 3.05) is 0 Å². The van der Waals surface area contributed by atoms with E-state index >= 15 is 0 Å². The van der Waals surface area contributed by atoms with Crippen LogP contribution in [0.1, 0.15) is 16.1 Å². The van der Waals surface area contributed by atoms with Gasteiger partial charge in [-0.3, -0.25) is 14.0 Å². The fraction of sp³-hybridized carbons (Fsp3) is 0. The molecule has 1 amide bonds. The lowest BCUT2D eigenvalue weighted by molar-refractivity contribution is 0.0950. The second kappa shape index (κ2) is 7.39. The van der Waals surface area contributed by atoms with E-state index < -0.39 is 5.91 Å². The summed E-state index contributed by atoms with van der Waals surface area (Å²) in [5.74, 6) is -0.456. The van der Waals surface area contributed by atoms with E-state index in [1.807, 2.05) is 54.6 Å². The highest BCUT2D eigenvalue weighted by Crippen LogP contribution is 2.33. The van der Waals surface area contributed by atoms with Crippen molar-refractivity contribution in [1.29, 1.82) is 0 Å². The number of fused-ring (bicyclic) bond motifs is 5. The Kier molecular flexibility index (Phi) is 4.35. The second-order valence-corrected chi connectivity index (χ2v) is 8.08. The summed E-state index contributed by atoms with van der Waals surface area (Å²) in [6.07, 6.45) is 1.49. The largest absolute Gasteiger partial charge is 0.289 e. The van der Waals surface area contributed by atoms with E-state index in [2.05, 4.69) is 15.5 Å². The Labute approximate surface area is 192 Å². The van der Waals surface area contributed by atoms with Crippen LogP contribution in [-0.4, -0.2) is 21.5 Å². The molecular formula is C26H15ClN4O2. The molecule has 158 valence electrons. The standard InChI is InChI=1S/C26H15ClN4O2/c27-20-11-5-1-7-15(20)14-28-30-25(32)21-13-19-16-8-4-6-12-22(16)31-24(19)23(29-21)17-9-2-3-10-18(17)26(31)33/h1-14H,(H,30,32)/b28-14+. The number of hydrogen-bond acceptors (Lipinski definition) is 4. The first-order chi connectivity index (χ1) is 16.1. The molecule has 0 bridgehead atoms. The Hall–Kier alpha value is -4.29. The second-order valence-electron chi connectivity index (χ2n) is 7.68. The van der Waals surface area contributed by atoms with Gasteiger partial charge in [-0.2, -0.15) is 5.10 Å². The minimum absolute atomic E-state index is 0.104. The third kappa shape index (κ3) is 2.96. The summed E-state index contributed by atoms with van der Waals surface area (Å²) in [6.45, 7) is 0. The Morgan fingerprint density at radius 1 is 0.909 bits per heavy atom. The molecule has 0 spiro atoms. The Balaban J connectivity index is 1.56. The number of hydrazone groups is 1. The van der Waals surface area contributed by atoms with Crippen molar-refractivity contribution < 1.29 is 4.79 Å². The third-order valence-corrected chi connectivity index (χ3v) is 6.12. The van der Waals surface area contributed by atoms with Crippen LogP contribution in [0.2, 0.25) is 5.02 Å². The van der Waals surface area contributed by atoms with E-state index in [9.17, 15) is 9.59 Å². The van der Waals surface area contributed by atoms with Crippen molar-refractivity contribution in [2.45, 2.75) is 0 Å². The molecule has 3 aromatic heterocycles. The van der Waals surface area contributed by atoms with E-state index in [1.165, 1.54) is 6.21 Å². The van der Waals surface area contributed by atoms with Crippen LogP contribution >= 0.6 is 11.6 Å². The molecule has 3 heterocycles. The molecule has 0 aliphatic carbocycles. The number of amides is 1. The van der Waals surface area contributed by atoms with Gasteiger partial charge in [0.05, 0.1) is 22.8 Å². The fourth-order valence-electron chi connectivity index (χ4n) is 4.30. The zero-order chi connectivity index (χ0) is 22.5. The van der Waals surface area contributed by atoms with E-state index in [4.69, 9.17) is 11.6 Å². The van der Waals surface area contributed by atoms with Gasteiger partial charge in [-0.25, -0.2) is 10.4 Å². The number of benzene rings is 3. The number of nitrogens with zero attached hydrogens (tertiary/aromatic N) is 3. The highest BCUT2D eigenvalue weighted by Gasteiger charge is 2.20. The first kappa shape index (κ1) is 19.4. The molecule has 6 nitrogen and oxygen atoms in total. The van der Waals surface area contributed by atoms with E-state index in [0.29, 0.717) is 32.4 Å². The van der Waals surface area contributed by atoms with Crippen LogP contribution in [0.4, 0.5) is 0 Å². The lowest BCUT2D eigenvalue weighted by Crippen LogP contribution is -2.20. The van der Waals surface area contributed by atoms with Crippen LogP contribution in [-0.2, 0) is 0 Å². The molecule has 0 aliphatic rings. The van der Waals surface area contributed by atoms with Crippen LogP contribution in [0.3, 0.4) is 0 Å². The number of para-hydroxylation sites is 1. The molecule has 33 heavy (non-hydrogen) atoms. The van der Waals surface area contributed by atoms with Gasteiger partial charge < -0.3 is 0 Å². The maximum absolute atomic E-state index is 13.3. The van der Waals surface area contributed by atoms with Gasteiger partial charge in [0.1, 0.15) is 5.69 Å². The minimum Gasteiger partial charge on any atom is -0.273 e. The summed E-state index contributed by atoms with van der Waals surface area (Å²) in [6, 6.07) is 23.9. The molecule has 6 aromatic rings. The van der Waals surface area contributed by atoms with Gasteiger partial charge in [-0.15, -0.1) is 0 Å². The van der Waals surface area contributed by atoms with Crippen molar-refractivity contribution in [3.05, 3.63) is 105 Å². The van der Waals surface area contributed by atoms with Crippen LogP contribution in [0.5, 0.6) is 0 Å². The Morgan fingerprint density at radius 3 is 2.42 bits per heavy atom. The van der Waals surface area contributed by atoms with Gasteiger partial charge in [-0.05, 0) is 24.3 Å². The van der Waals surface area contributed by atoms with E-state index in [1.54, 1.807) is 28.7 Å². The predicted octanol–water partition coefficient (Wildman–Crippen LogP) is 5.01. The summed E-state index contributed by atoms with van der Waals surface area (Å²) >= 11 is 6.14. The van der Waals surface area contributed by atoms with Crippen LogP contribution in [0.15, 0.2) is 88.8 Å². The summed E-state index contributed by atoms with van der Waals surface area (Å²) in [4.78, 5) is 31.0. The lowest BCUT2D eigenvalue weighted by Gasteiger charge is -2.07.